The highest BCUT2D eigenvalue weighted by atomic mass is 16.5. The average Bonchev–Trinajstić information content (AvgIpc) is 2.61. The van der Waals surface area contributed by atoms with E-state index in [2.05, 4.69) is 50.4 Å². The van der Waals surface area contributed by atoms with Gasteiger partial charge in [-0.25, -0.2) is 4.79 Å². The molecule has 0 bridgehead atoms. The smallest absolute Gasteiger partial charge is 0.338 e. The zero-order valence-electron chi connectivity index (χ0n) is 14.8. The first-order valence-corrected chi connectivity index (χ1v) is 8.70. The molecule has 0 fully saturated rings. The van der Waals surface area contributed by atoms with Crippen LogP contribution < -0.4 is 5.32 Å². The number of benzene rings is 2. The van der Waals surface area contributed by atoms with E-state index in [9.17, 15) is 4.79 Å². The molecule has 24 heavy (non-hydrogen) atoms. The van der Waals surface area contributed by atoms with Gasteiger partial charge in [-0.3, -0.25) is 0 Å². The third-order valence-electron chi connectivity index (χ3n) is 3.99. The van der Waals surface area contributed by atoms with Crippen LogP contribution in [0.1, 0.15) is 61.0 Å². The van der Waals surface area contributed by atoms with Crippen LogP contribution in [0.15, 0.2) is 48.5 Å². The van der Waals surface area contributed by atoms with Crippen molar-refractivity contribution in [3.63, 3.8) is 0 Å². The van der Waals surface area contributed by atoms with Gasteiger partial charge >= 0.3 is 5.97 Å². The Kier molecular flexibility index (Phi) is 6.86. The molecular formula is C21H27NO2. The normalized spacial score (nSPS) is 10.7. The molecule has 3 nitrogen and oxygen atoms in total. The van der Waals surface area contributed by atoms with Crippen LogP contribution in [0.2, 0.25) is 0 Å². The van der Waals surface area contributed by atoms with Gasteiger partial charge in [-0.2, -0.15) is 0 Å². The predicted octanol–water partition coefficient (Wildman–Crippen LogP) is 5.38. The third-order valence-corrected chi connectivity index (χ3v) is 3.99. The maximum atomic E-state index is 11.9. The van der Waals surface area contributed by atoms with Gasteiger partial charge in [0.15, 0.2) is 0 Å². The quantitative estimate of drug-likeness (QED) is 0.523. The summed E-state index contributed by atoms with van der Waals surface area (Å²) in [4.78, 5) is 11.9. The van der Waals surface area contributed by atoms with E-state index in [1.54, 1.807) is 12.1 Å². The second-order valence-corrected chi connectivity index (χ2v) is 6.32. The van der Waals surface area contributed by atoms with E-state index in [1.165, 1.54) is 11.1 Å². The molecule has 0 aliphatic heterocycles. The van der Waals surface area contributed by atoms with Crippen molar-refractivity contribution in [2.75, 3.05) is 11.9 Å². The van der Waals surface area contributed by atoms with E-state index >= 15 is 0 Å². The fourth-order valence-corrected chi connectivity index (χ4v) is 2.34. The van der Waals surface area contributed by atoms with Gasteiger partial charge in [-0.15, -0.1) is 0 Å². The van der Waals surface area contributed by atoms with Gasteiger partial charge in [-0.1, -0.05) is 51.5 Å². The standard InChI is InChI=1S/C21H27NO2/c1-4-5-14-24-21(23)19-10-12-20(13-11-19)22-15-17-6-8-18(9-7-17)16(2)3/h6-13,16,22H,4-5,14-15H2,1-3H3. The van der Waals surface area contributed by atoms with E-state index < -0.39 is 0 Å². The van der Waals surface area contributed by atoms with Crippen LogP contribution in [0.5, 0.6) is 0 Å². The zero-order valence-corrected chi connectivity index (χ0v) is 14.8. The first-order chi connectivity index (χ1) is 11.6. The molecule has 2 aromatic rings. The Morgan fingerprint density at radius 1 is 1.04 bits per heavy atom. The maximum Gasteiger partial charge on any atom is 0.338 e. The minimum atomic E-state index is -0.251. The Morgan fingerprint density at radius 3 is 2.29 bits per heavy atom. The highest BCUT2D eigenvalue weighted by molar-refractivity contribution is 5.89. The van der Waals surface area contributed by atoms with Gasteiger partial charge in [0.05, 0.1) is 12.2 Å². The summed E-state index contributed by atoms with van der Waals surface area (Å²) in [6, 6.07) is 16.1. The van der Waals surface area contributed by atoms with E-state index in [-0.39, 0.29) is 5.97 Å². The van der Waals surface area contributed by atoms with E-state index in [1.807, 2.05) is 12.1 Å². The molecule has 0 aromatic heterocycles. The first kappa shape index (κ1) is 18.1. The summed E-state index contributed by atoms with van der Waals surface area (Å²) >= 11 is 0. The molecular weight excluding hydrogens is 298 g/mol. The van der Waals surface area contributed by atoms with Crippen molar-refractivity contribution in [3.8, 4) is 0 Å². The Balaban J connectivity index is 1.86. The highest BCUT2D eigenvalue weighted by Crippen LogP contribution is 2.16. The number of ether oxygens (including phenoxy) is 1. The van der Waals surface area contributed by atoms with Crippen LogP contribution in [0.25, 0.3) is 0 Å². The topological polar surface area (TPSA) is 38.3 Å². The maximum absolute atomic E-state index is 11.9. The Bertz CT molecular complexity index is 630. The largest absolute Gasteiger partial charge is 0.462 e. The van der Waals surface area contributed by atoms with E-state index in [0.29, 0.717) is 18.1 Å². The van der Waals surface area contributed by atoms with Gasteiger partial charge in [0.25, 0.3) is 0 Å². The Labute approximate surface area is 145 Å². The second-order valence-electron chi connectivity index (χ2n) is 6.32. The molecule has 2 rings (SSSR count). The van der Waals surface area contributed by atoms with Crippen molar-refractivity contribution in [3.05, 3.63) is 65.2 Å². The molecule has 0 spiro atoms. The molecule has 0 aliphatic carbocycles. The lowest BCUT2D eigenvalue weighted by atomic mass is 10.0. The van der Waals surface area contributed by atoms with Gasteiger partial charge < -0.3 is 10.1 Å². The molecule has 1 N–H and O–H groups in total. The molecule has 0 saturated heterocycles. The van der Waals surface area contributed by atoms with Crippen LogP contribution in [-0.2, 0) is 11.3 Å². The number of esters is 1. The fraction of sp³-hybridized carbons (Fsp3) is 0.381. The molecule has 0 radical (unpaired) electrons. The van der Waals surface area contributed by atoms with Crippen LogP contribution in [0.4, 0.5) is 5.69 Å². The number of nitrogens with one attached hydrogen (secondary N) is 1. The zero-order chi connectivity index (χ0) is 17.4. The number of hydrogen-bond acceptors (Lipinski definition) is 3. The molecule has 0 heterocycles. The van der Waals surface area contributed by atoms with E-state index in [4.69, 9.17) is 4.74 Å². The fourth-order valence-electron chi connectivity index (χ4n) is 2.34. The third kappa shape index (κ3) is 5.41. The van der Waals surface area contributed by atoms with Crippen molar-refractivity contribution in [2.24, 2.45) is 0 Å². The van der Waals surface area contributed by atoms with E-state index in [0.717, 1.165) is 25.1 Å². The Hall–Kier alpha value is -2.29. The summed E-state index contributed by atoms with van der Waals surface area (Å²) in [5.74, 6) is 0.302. The van der Waals surface area contributed by atoms with Gasteiger partial charge in [0, 0.05) is 12.2 Å². The van der Waals surface area contributed by atoms with Crippen molar-refractivity contribution in [1.82, 2.24) is 0 Å². The molecule has 0 atom stereocenters. The van der Waals surface area contributed by atoms with Crippen LogP contribution in [0, 0.1) is 0 Å². The Morgan fingerprint density at radius 2 is 1.71 bits per heavy atom. The SMILES string of the molecule is CCCCOC(=O)c1ccc(NCc2ccc(C(C)C)cc2)cc1. The van der Waals surface area contributed by atoms with Crippen molar-refractivity contribution < 1.29 is 9.53 Å². The molecule has 2 aromatic carbocycles. The molecule has 0 saturated carbocycles. The van der Waals surface area contributed by atoms with Crippen LogP contribution in [0.3, 0.4) is 0 Å². The summed E-state index contributed by atoms with van der Waals surface area (Å²) in [5, 5.41) is 3.38. The summed E-state index contributed by atoms with van der Waals surface area (Å²) < 4.78 is 5.21. The highest BCUT2D eigenvalue weighted by Gasteiger charge is 2.06. The van der Waals surface area contributed by atoms with Crippen LogP contribution in [-0.4, -0.2) is 12.6 Å². The monoisotopic (exact) mass is 325 g/mol. The summed E-state index contributed by atoms with van der Waals surface area (Å²) in [5.41, 5.74) is 4.18. The average molecular weight is 325 g/mol. The number of carbonyl (C=O) groups excluding carboxylic acids is 1. The second kappa shape index (κ2) is 9.11. The molecule has 128 valence electrons. The van der Waals surface area contributed by atoms with Crippen molar-refractivity contribution >= 4 is 11.7 Å². The molecule has 0 aliphatic rings. The minimum absolute atomic E-state index is 0.251. The number of hydrogen-bond donors (Lipinski definition) is 1. The van der Waals surface area contributed by atoms with Crippen LogP contribution >= 0.6 is 0 Å². The number of rotatable bonds is 8. The lowest BCUT2D eigenvalue weighted by Crippen LogP contribution is -2.06. The van der Waals surface area contributed by atoms with Crippen molar-refractivity contribution in [1.29, 1.82) is 0 Å². The van der Waals surface area contributed by atoms with Crippen molar-refractivity contribution in [2.45, 2.75) is 46.1 Å². The van der Waals surface area contributed by atoms with Gasteiger partial charge in [0.2, 0.25) is 0 Å². The number of anilines is 1. The molecule has 0 amide bonds. The summed E-state index contributed by atoms with van der Waals surface area (Å²) in [6.45, 7) is 7.72. The lowest BCUT2D eigenvalue weighted by Gasteiger charge is -2.10. The van der Waals surface area contributed by atoms with Gasteiger partial charge in [0.1, 0.15) is 0 Å². The number of carbonyl (C=O) groups is 1. The lowest BCUT2D eigenvalue weighted by molar-refractivity contribution is 0.0500. The minimum Gasteiger partial charge on any atom is -0.462 e. The molecule has 3 heteroatoms. The summed E-state index contributed by atoms with van der Waals surface area (Å²) in [7, 11) is 0. The van der Waals surface area contributed by atoms with Gasteiger partial charge in [-0.05, 0) is 47.7 Å². The predicted molar refractivity (Wildman–Crippen MR) is 99.5 cm³/mol. The number of unbranched alkanes of at least 4 members (excludes halogenated alkanes) is 1. The summed E-state index contributed by atoms with van der Waals surface area (Å²) in [6.07, 6.45) is 1.93. The first-order valence-electron chi connectivity index (χ1n) is 8.70. The molecule has 0 unspecified atom stereocenters.